The molecule has 2 aromatic heterocycles. The minimum atomic E-state index is -0.264. The lowest BCUT2D eigenvalue weighted by molar-refractivity contribution is 0.101. The number of nitrogens with zero attached hydrogens (tertiary/aromatic N) is 4. The van der Waals surface area contributed by atoms with Gasteiger partial charge in [-0.3, -0.25) is 9.48 Å². The fraction of sp³-hybridized carbons (Fsp3) is 0.0500. The lowest BCUT2D eigenvalue weighted by atomic mass is 10.1. The summed E-state index contributed by atoms with van der Waals surface area (Å²) in [5, 5.41) is 12.2. The summed E-state index contributed by atoms with van der Waals surface area (Å²) in [5.41, 5.74) is 3.41. The molecule has 7 heteroatoms. The van der Waals surface area contributed by atoms with E-state index in [1.165, 1.54) is 0 Å². The first kappa shape index (κ1) is 17.1. The van der Waals surface area contributed by atoms with Crippen molar-refractivity contribution in [1.29, 1.82) is 0 Å². The van der Waals surface area contributed by atoms with Gasteiger partial charge in [0, 0.05) is 23.8 Å². The van der Waals surface area contributed by atoms with Crippen molar-refractivity contribution in [3.8, 4) is 16.9 Å². The molecule has 0 unspecified atom stereocenters. The van der Waals surface area contributed by atoms with Crippen LogP contribution in [0.5, 0.6) is 0 Å². The fourth-order valence-electron chi connectivity index (χ4n) is 2.75. The summed E-state index contributed by atoms with van der Waals surface area (Å²) in [4.78, 5) is 12.9. The van der Waals surface area contributed by atoms with Crippen molar-refractivity contribution in [3.63, 3.8) is 0 Å². The normalized spacial score (nSPS) is 10.7. The summed E-state index contributed by atoms with van der Waals surface area (Å²) in [6, 6.07) is 18.7. The first-order chi connectivity index (χ1) is 13.1. The molecule has 0 aliphatic rings. The maximum Gasteiger partial charge on any atom is 0.274 e. The largest absolute Gasteiger partial charge is 0.318 e. The molecule has 0 aliphatic heterocycles. The van der Waals surface area contributed by atoms with Gasteiger partial charge in [-0.25, -0.2) is 4.68 Å². The molecular weight excluding hydrogens is 362 g/mol. The molecule has 2 heterocycles. The summed E-state index contributed by atoms with van der Waals surface area (Å²) >= 11 is 5.98. The van der Waals surface area contributed by atoms with Crippen molar-refractivity contribution in [3.05, 3.63) is 83.8 Å². The molecule has 2 aromatic carbocycles. The van der Waals surface area contributed by atoms with Crippen LogP contribution in [0.3, 0.4) is 0 Å². The van der Waals surface area contributed by atoms with Gasteiger partial charge in [0.2, 0.25) is 0 Å². The van der Waals surface area contributed by atoms with Gasteiger partial charge in [0.15, 0.2) is 0 Å². The molecule has 1 N–H and O–H groups in total. The Kier molecular flexibility index (Phi) is 4.48. The highest BCUT2D eigenvalue weighted by Gasteiger charge is 2.18. The molecule has 0 atom stereocenters. The molecule has 0 radical (unpaired) electrons. The van der Waals surface area contributed by atoms with E-state index >= 15 is 0 Å². The number of hydrogen-bond acceptors (Lipinski definition) is 3. The van der Waals surface area contributed by atoms with E-state index in [1.807, 2.05) is 42.5 Å². The highest BCUT2D eigenvalue weighted by atomic mass is 35.5. The van der Waals surface area contributed by atoms with Crippen molar-refractivity contribution >= 4 is 23.2 Å². The van der Waals surface area contributed by atoms with Crippen LogP contribution in [0, 0.1) is 0 Å². The number of carbonyl (C=O) groups is 1. The SMILES string of the molecule is Cn1cc(NC(=O)c2cc(-c3ccc(Cl)cc3)nn2-c2ccccc2)cn1. The van der Waals surface area contributed by atoms with Crippen molar-refractivity contribution in [2.45, 2.75) is 0 Å². The first-order valence-corrected chi connectivity index (χ1v) is 8.69. The van der Waals surface area contributed by atoms with Gasteiger partial charge < -0.3 is 5.32 Å². The molecule has 27 heavy (non-hydrogen) atoms. The topological polar surface area (TPSA) is 64.7 Å². The number of nitrogens with one attached hydrogen (secondary N) is 1. The van der Waals surface area contributed by atoms with Crippen LogP contribution in [-0.2, 0) is 7.05 Å². The highest BCUT2D eigenvalue weighted by molar-refractivity contribution is 6.30. The second kappa shape index (κ2) is 7.09. The monoisotopic (exact) mass is 377 g/mol. The quantitative estimate of drug-likeness (QED) is 0.580. The number of aromatic nitrogens is 4. The Bertz CT molecular complexity index is 1080. The average molecular weight is 378 g/mol. The van der Waals surface area contributed by atoms with Crippen LogP contribution in [0.25, 0.3) is 16.9 Å². The zero-order valence-electron chi connectivity index (χ0n) is 14.5. The Balaban J connectivity index is 1.76. The van der Waals surface area contributed by atoms with Gasteiger partial charge in [0.05, 0.1) is 23.3 Å². The van der Waals surface area contributed by atoms with Gasteiger partial charge in [-0.15, -0.1) is 0 Å². The predicted octanol–water partition coefficient (Wildman–Crippen LogP) is 4.18. The van der Waals surface area contributed by atoms with Crippen molar-refractivity contribution < 1.29 is 4.79 Å². The number of rotatable bonds is 4. The van der Waals surface area contributed by atoms with Crippen LogP contribution >= 0.6 is 11.6 Å². The highest BCUT2D eigenvalue weighted by Crippen LogP contribution is 2.24. The van der Waals surface area contributed by atoms with E-state index < -0.39 is 0 Å². The molecule has 6 nitrogen and oxygen atoms in total. The van der Waals surface area contributed by atoms with E-state index in [9.17, 15) is 4.79 Å². The van der Waals surface area contributed by atoms with E-state index in [1.54, 1.807) is 47.0 Å². The molecule has 0 aliphatic carbocycles. The minimum Gasteiger partial charge on any atom is -0.318 e. The average Bonchev–Trinajstić information content (AvgIpc) is 3.30. The molecule has 0 saturated carbocycles. The zero-order valence-corrected chi connectivity index (χ0v) is 15.3. The summed E-state index contributed by atoms with van der Waals surface area (Å²) in [6.45, 7) is 0. The first-order valence-electron chi connectivity index (χ1n) is 8.31. The van der Waals surface area contributed by atoms with Crippen molar-refractivity contribution in [1.82, 2.24) is 19.6 Å². The van der Waals surface area contributed by atoms with Gasteiger partial charge >= 0.3 is 0 Å². The number of anilines is 1. The number of hydrogen-bond donors (Lipinski definition) is 1. The van der Waals surface area contributed by atoms with Crippen LogP contribution in [0.15, 0.2) is 73.1 Å². The maximum absolute atomic E-state index is 12.9. The third-order valence-electron chi connectivity index (χ3n) is 4.05. The summed E-state index contributed by atoms with van der Waals surface area (Å²) in [6.07, 6.45) is 3.34. The third kappa shape index (κ3) is 3.61. The van der Waals surface area contributed by atoms with E-state index in [2.05, 4.69) is 15.5 Å². The summed E-state index contributed by atoms with van der Waals surface area (Å²) < 4.78 is 3.26. The van der Waals surface area contributed by atoms with Crippen LogP contribution in [0.2, 0.25) is 5.02 Å². The number of carbonyl (C=O) groups excluding carboxylic acids is 1. The fourth-order valence-corrected chi connectivity index (χ4v) is 2.88. The molecule has 0 bridgehead atoms. The van der Waals surface area contributed by atoms with Crippen LogP contribution in [0.4, 0.5) is 5.69 Å². The van der Waals surface area contributed by atoms with Gasteiger partial charge in [0.1, 0.15) is 5.69 Å². The Labute approximate surface area is 161 Å². The number of para-hydroxylation sites is 1. The zero-order chi connectivity index (χ0) is 18.8. The molecule has 4 rings (SSSR count). The van der Waals surface area contributed by atoms with E-state index in [0.717, 1.165) is 11.3 Å². The smallest absolute Gasteiger partial charge is 0.274 e. The molecule has 4 aromatic rings. The van der Waals surface area contributed by atoms with Gasteiger partial charge in [-0.1, -0.05) is 41.9 Å². The van der Waals surface area contributed by atoms with Crippen molar-refractivity contribution in [2.75, 3.05) is 5.32 Å². The molecular formula is C20H16ClN5O. The lowest BCUT2D eigenvalue weighted by Crippen LogP contribution is -2.16. The Morgan fingerprint density at radius 2 is 1.81 bits per heavy atom. The molecule has 0 spiro atoms. The third-order valence-corrected chi connectivity index (χ3v) is 4.30. The molecule has 0 fully saturated rings. The van der Waals surface area contributed by atoms with Crippen LogP contribution < -0.4 is 5.32 Å². The second-order valence-corrected chi connectivity index (χ2v) is 6.46. The molecule has 134 valence electrons. The van der Waals surface area contributed by atoms with Crippen LogP contribution in [0.1, 0.15) is 10.5 Å². The number of halogens is 1. The number of benzene rings is 2. The Hall–Kier alpha value is -3.38. The summed E-state index contributed by atoms with van der Waals surface area (Å²) in [5.74, 6) is -0.264. The second-order valence-electron chi connectivity index (χ2n) is 6.03. The molecule has 1 amide bonds. The van der Waals surface area contributed by atoms with E-state index in [4.69, 9.17) is 11.6 Å². The predicted molar refractivity (Wildman–Crippen MR) is 105 cm³/mol. The van der Waals surface area contributed by atoms with E-state index in [0.29, 0.717) is 22.1 Å². The van der Waals surface area contributed by atoms with Crippen LogP contribution in [-0.4, -0.2) is 25.5 Å². The Morgan fingerprint density at radius 3 is 2.48 bits per heavy atom. The number of aryl methyl sites for hydroxylation is 1. The minimum absolute atomic E-state index is 0.264. The Morgan fingerprint density at radius 1 is 1.07 bits per heavy atom. The lowest BCUT2D eigenvalue weighted by Gasteiger charge is -2.07. The van der Waals surface area contributed by atoms with E-state index in [-0.39, 0.29) is 5.91 Å². The summed E-state index contributed by atoms with van der Waals surface area (Å²) in [7, 11) is 1.79. The number of amides is 1. The van der Waals surface area contributed by atoms with Gasteiger partial charge in [-0.05, 0) is 30.3 Å². The van der Waals surface area contributed by atoms with Gasteiger partial charge in [0.25, 0.3) is 5.91 Å². The maximum atomic E-state index is 12.9. The van der Waals surface area contributed by atoms with Crippen molar-refractivity contribution in [2.24, 2.45) is 7.05 Å². The van der Waals surface area contributed by atoms with Gasteiger partial charge in [-0.2, -0.15) is 10.2 Å². The standard InChI is InChI=1S/C20H16ClN5O/c1-25-13-16(12-22-25)23-20(27)19-11-18(14-7-9-15(21)10-8-14)24-26(19)17-5-3-2-4-6-17/h2-13H,1H3,(H,23,27). The molecule has 0 saturated heterocycles.